The standard InChI is InChI=1S/C84H98O12/c1-3-5-7-9-11-13-15-17-19-33-49-87-77-59-72(48-46-70-56-74(82(86)96-64-68-43-31-24-32-44-68)80(94-62-66-39-27-22-28-40-66)76(58-70)84-91-53-36-54-92-84)78(88-50-34-20-18-16-14-12-10-8-6-4-2)60-71(77)47-45-69-55-73(81(85)95-63-67-41-29-23-30-42-67)79(93-61-65-37-25-21-26-38-65)75(57-69)83-89-51-35-52-90-83/h21-32,37-44,55-60,83-84H,3-20,33-36,49-54,61-64H2,1-2H3. The predicted octanol–water partition coefficient (Wildman–Crippen LogP) is 19.8. The van der Waals surface area contributed by atoms with Crippen molar-refractivity contribution >= 4 is 11.9 Å². The first-order valence-corrected chi connectivity index (χ1v) is 35.5. The SMILES string of the molecule is CCCCCCCCCCCCOc1cc(C#Cc2cc(C(=O)OCc3ccccc3)c(OCc3ccccc3)c(C3OCCCO3)c2)c(OCCCCCCCCCCCC)cc1C#Cc1cc(C(=O)OCc2ccccc2)c(OCc2ccccc2)c(C2OCCCO2)c1. The van der Waals surface area contributed by atoms with Crippen molar-refractivity contribution < 1.29 is 57.0 Å². The summed E-state index contributed by atoms with van der Waals surface area (Å²) in [5.41, 5.74) is 7.15. The summed E-state index contributed by atoms with van der Waals surface area (Å²) in [5, 5.41) is 0. The molecule has 2 aliphatic heterocycles. The minimum Gasteiger partial charge on any atom is -0.492 e. The smallest absolute Gasteiger partial charge is 0.342 e. The Kier molecular flexibility index (Phi) is 31.1. The van der Waals surface area contributed by atoms with Gasteiger partial charge in [-0.25, -0.2) is 9.59 Å². The molecular weight excluding hydrogens is 1200 g/mol. The van der Waals surface area contributed by atoms with Gasteiger partial charge in [0, 0.05) is 23.3 Å². The summed E-state index contributed by atoms with van der Waals surface area (Å²) in [5.74, 6) is 14.3. The second-order valence-electron chi connectivity index (χ2n) is 24.8. The minimum atomic E-state index is -0.830. The lowest BCUT2D eigenvalue weighted by atomic mass is 10.0. The lowest BCUT2D eigenvalue weighted by Crippen LogP contribution is -2.20. The molecule has 0 spiro atoms. The van der Waals surface area contributed by atoms with E-state index in [4.69, 9.17) is 47.4 Å². The molecule has 506 valence electrons. The van der Waals surface area contributed by atoms with Crippen LogP contribution >= 0.6 is 0 Å². The van der Waals surface area contributed by atoms with Crippen molar-refractivity contribution in [1.29, 1.82) is 0 Å². The predicted molar refractivity (Wildman–Crippen MR) is 377 cm³/mol. The summed E-state index contributed by atoms with van der Waals surface area (Å²) in [6, 6.07) is 49.9. The van der Waals surface area contributed by atoms with Crippen LogP contribution in [0.2, 0.25) is 0 Å². The van der Waals surface area contributed by atoms with Gasteiger partial charge in [0.15, 0.2) is 12.6 Å². The fourth-order valence-electron chi connectivity index (χ4n) is 11.6. The van der Waals surface area contributed by atoms with Gasteiger partial charge in [0.05, 0.1) is 61.9 Å². The molecule has 2 heterocycles. The molecule has 2 saturated heterocycles. The Morgan fingerprint density at radius 2 is 0.677 bits per heavy atom. The maximum atomic E-state index is 14.6. The molecule has 0 bridgehead atoms. The average molecular weight is 1300 g/mol. The molecule has 0 atom stereocenters. The molecule has 0 amide bonds. The Labute approximate surface area is 571 Å². The van der Waals surface area contributed by atoms with E-state index < -0.39 is 24.5 Å². The van der Waals surface area contributed by atoms with E-state index in [1.54, 1.807) is 12.1 Å². The van der Waals surface area contributed by atoms with Crippen LogP contribution in [0.5, 0.6) is 23.0 Å². The van der Waals surface area contributed by atoms with Crippen LogP contribution in [-0.2, 0) is 54.8 Å². The fourth-order valence-corrected chi connectivity index (χ4v) is 11.6. The molecule has 96 heavy (non-hydrogen) atoms. The van der Waals surface area contributed by atoms with Crippen LogP contribution in [0, 0.1) is 23.7 Å². The van der Waals surface area contributed by atoms with Gasteiger partial charge in [0.2, 0.25) is 0 Å². The number of rotatable bonds is 38. The summed E-state index contributed by atoms with van der Waals surface area (Å²) in [7, 11) is 0. The molecule has 0 radical (unpaired) electrons. The Bertz CT molecular complexity index is 3320. The van der Waals surface area contributed by atoms with E-state index in [-0.39, 0.29) is 37.6 Å². The van der Waals surface area contributed by atoms with Crippen LogP contribution in [0.1, 0.15) is 244 Å². The summed E-state index contributed by atoms with van der Waals surface area (Å²) < 4.78 is 64.0. The first-order valence-electron chi connectivity index (χ1n) is 35.5. The third-order valence-corrected chi connectivity index (χ3v) is 17.0. The maximum absolute atomic E-state index is 14.6. The normalized spacial score (nSPS) is 13.2. The number of hydrogen-bond donors (Lipinski definition) is 0. The molecule has 9 rings (SSSR count). The zero-order valence-corrected chi connectivity index (χ0v) is 56.7. The second-order valence-corrected chi connectivity index (χ2v) is 24.8. The number of benzene rings is 7. The van der Waals surface area contributed by atoms with Crippen molar-refractivity contribution in [1.82, 2.24) is 0 Å². The van der Waals surface area contributed by atoms with Gasteiger partial charge < -0.3 is 47.4 Å². The maximum Gasteiger partial charge on any atom is 0.342 e. The van der Waals surface area contributed by atoms with Gasteiger partial charge >= 0.3 is 11.9 Å². The molecule has 2 aliphatic rings. The van der Waals surface area contributed by atoms with Crippen molar-refractivity contribution in [3.05, 3.63) is 224 Å². The van der Waals surface area contributed by atoms with E-state index in [0.29, 0.717) is 96.0 Å². The first-order chi connectivity index (χ1) is 47.4. The monoisotopic (exact) mass is 1300 g/mol. The van der Waals surface area contributed by atoms with Crippen molar-refractivity contribution in [2.45, 2.75) is 194 Å². The summed E-state index contributed by atoms with van der Waals surface area (Å²) in [6.45, 7) is 7.74. The van der Waals surface area contributed by atoms with Crippen LogP contribution in [0.15, 0.2) is 158 Å². The lowest BCUT2D eigenvalue weighted by molar-refractivity contribution is -0.183. The van der Waals surface area contributed by atoms with Gasteiger partial charge in [-0.15, -0.1) is 0 Å². The Morgan fingerprint density at radius 1 is 0.365 bits per heavy atom. The van der Waals surface area contributed by atoms with Gasteiger partial charge in [0.1, 0.15) is 60.6 Å². The third kappa shape index (κ3) is 24.1. The minimum absolute atomic E-state index is 0.0534. The molecule has 7 aromatic rings. The van der Waals surface area contributed by atoms with Gasteiger partial charge in [-0.2, -0.15) is 0 Å². The van der Waals surface area contributed by atoms with Gasteiger partial charge in [-0.05, 0) is 72.2 Å². The molecule has 0 saturated carbocycles. The van der Waals surface area contributed by atoms with Crippen molar-refractivity contribution in [2.75, 3.05) is 39.6 Å². The van der Waals surface area contributed by atoms with E-state index in [0.717, 1.165) is 73.6 Å². The summed E-state index contributed by atoms with van der Waals surface area (Å²) >= 11 is 0. The number of carbonyl (C=O) groups excluding carboxylic acids is 2. The quantitative estimate of drug-likeness (QED) is 0.0208. The van der Waals surface area contributed by atoms with E-state index in [9.17, 15) is 9.59 Å². The molecule has 0 aromatic heterocycles. The third-order valence-electron chi connectivity index (χ3n) is 17.0. The molecule has 7 aromatic carbocycles. The number of hydrogen-bond acceptors (Lipinski definition) is 12. The largest absolute Gasteiger partial charge is 0.492 e. The Hall–Kier alpha value is -8.36. The topological polar surface area (TPSA) is 126 Å². The molecular formula is C84H98O12. The molecule has 12 heteroatoms. The molecule has 0 unspecified atom stereocenters. The van der Waals surface area contributed by atoms with Crippen LogP contribution in [0.3, 0.4) is 0 Å². The second kappa shape index (κ2) is 41.6. The van der Waals surface area contributed by atoms with Gasteiger partial charge in [0.25, 0.3) is 0 Å². The molecule has 0 aliphatic carbocycles. The molecule has 12 nitrogen and oxygen atoms in total. The van der Waals surface area contributed by atoms with Crippen LogP contribution in [-0.4, -0.2) is 51.6 Å². The fraction of sp³-hybridized carbons (Fsp3) is 0.429. The van der Waals surface area contributed by atoms with Gasteiger partial charge in [-0.1, -0.05) is 274 Å². The Morgan fingerprint density at radius 3 is 1.01 bits per heavy atom. The average Bonchev–Trinajstić information content (AvgIpc) is 0.824. The highest BCUT2D eigenvalue weighted by molar-refractivity contribution is 5.94. The highest BCUT2D eigenvalue weighted by Gasteiger charge is 2.30. The van der Waals surface area contributed by atoms with Crippen LogP contribution < -0.4 is 18.9 Å². The summed E-state index contributed by atoms with van der Waals surface area (Å²) in [6.07, 6.45) is 23.5. The van der Waals surface area contributed by atoms with Crippen LogP contribution in [0.25, 0.3) is 0 Å². The van der Waals surface area contributed by atoms with E-state index in [1.165, 1.54) is 89.9 Å². The van der Waals surface area contributed by atoms with Crippen LogP contribution in [0.4, 0.5) is 0 Å². The highest BCUT2D eigenvalue weighted by atomic mass is 16.7. The van der Waals surface area contributed by atoms with Crippen molar-refractivity contribution in [3.8, 4) is 46.7 Å². The number of unbranched alkanes of at least 4 members (excludes halogenated alkanes) is 18. The summed E-state index contributed by atoms with van der Waals surface area (Å²) in [4.78, 5) is 29.1. The van der Waals surface area contributed by atoms with E-state index in [1.807, 2.05) is 146 Å². The van der Waals surface area contributed by atoms with Crippen molar-refractivity contribution in [3.63, 3.8) is 0 Å². The number of esters is 2. The Balaban J connectivity index is 1.11. The highest BCUT2D eigenvalue weighted by Crippen LogP contribution is 2.39. The zero-order valence-electron chi connectivity index (χ0n) is 56.7. The van der Waals surface area contributed by atoms with Gasteiger partial charge in [-0.3, -0.25) is 0 Å². The van der Waals surface area contributed by atoms with E-state index in [2.05, 4.69) is 37.5 Å². The molecule has 0 N–H and O–H groups in total. The van der Waals surface area contributed by atoms with Crippen molar-refractivity contribution in [2.24, 2.45) is 0 Å². The van der Waals surface area contributed by atoms with E-state index >= 15 is 0 Å². The lowest BCUT2D eigenvalue weighted by Gasteiger charge is -2.26. The number of ether oxygens (including phenoxy) is 10. The molecule has 2 fully saturated rings. The number of carbonyl (C=O) groups is 2. The zero-order chi connectivity index (χ0) is 66.5. The first kappa shape index (κ1) is 71.9.